The minimum atomic E-state index is -0.269. The molecule has 26 heavy (non-hydrogen) atoms. The molecular weight excluding hydrogens is 324 g/mol. The van der Waals surface area contributed by atoms with Crippen molar-refractivity contribution in [1.29, 1.82) is 0 Å². The van der Waals surface area contributed by atoms with Crippen molar-refractivity contribution in [3.63, 3.8) is 0 Å². The number of rotatable bonds is 13. The molecule has 0 saturated heterocycles. The number of nitrogens with zero attached hydrogens (tertiary/aromatic N) is 2. The predicted molar refractivity (Wildman–Crippen MR) is 104 cm³/mol. The van der Waals surface area contributed by atoms with E-state index in [0.29, 0.717) is 18.7 Å². The Bertz CT molecular complexity index is 650. The summed E-state index contributed by atoms with van der Waals surface area (Å²) in [4.78, 5) is 15.3. The van der Waals surface area contributed by atoms with Crippen LogP contribution in [0.5, 0.6) is 5.88 Å². The maximum absolute atomic E-state index is 12.4. The van der Waals surface area contributed by atoms with Crippen molar-refractivity contribution in [3.05, 3.63) is 36.0 Å². The van der Waals surface area contributed by atoms with Gasteiger partial charge in [-0.25, -0.2) is 4.98 Å². The Hall–Kier alpha value is -2.10. The van der Waals surface area contributed by atoms with E-state index in [0.717, 1.165) is 18.4 Å². The molecule has 0 N–H and O–H groups in total. The van der Waals surface area contributed by atoms with Gasteiger partial charge in [-0.3, -0.25) is 4.79 Å². The highest BCUT2D eigenvalue weighted by Gasteiger charge is 2.11. The molecule has 4 heteroatoms. The minimum absolute atomic E-state index is 0.0101. The van der Waals surface area contributed by atoms with Gasteiger partial charge >= 0.3 is 0 Å². The van der Waals surface area contributed by atoms with Gasteiger partial charge in [-0.05, 0) is 12.3 Å². The van der Waals surface area contributed by atoms with E-state index in [1.54, 1.807) is 4.57 Å². The molecule has 1 aromatic heterocycles. The quantitative estimate of drug-likeness (QED) is 0.359. The van der Waals surface area contributed by atoms with Crippen LogP contribution in [-0.2, 0) is 6.54 Å². The molecular formula is C22H31N2O2-. The SMILES string of the molecule is CCCCCCCCCCCCn1c(-c2ccccc2)nc(C=O)c1[O-]. The molecule has 0 radical (unpaired) electrons. The van der Waals surface area contributed by atoms with E-state index in [4.69, 9.17) is 0 Å². The summed E-state index contributed by atoms with van der Waals surface area (Å²) in [5.41, 5.74) is 0.890. The molecule has 0 saturated carbocycles. The molecule has 2 aromatic rings. The maximum atomic E-state index is 12.4. The Balaban J connectivity index is 1.79. The number of imidazole rings is 1. The van der Waals surface area contributed by atoms with E-state index in [9.17, 15) is 9.90 Å². The fourth-order valence-corrected chi connectivity index (χ4v) is 3.31. The van der Waals surface area contributed by atoms with Crippen LogP contribution < -0.4 is 5.11 Å². The molecule has 4 nitrogen and oxygen atoms in total. The number of hydrogen-bond acceptors (Lipinski definition) is 3. The van der Waals surface area contributed by atoms with Crippen molar-refractivity contribution in [2.45, 2.75) is 77.7 Å². The van der Waals surface area contributed by atoms with Gasteiger partial charge < -0.3 is 9.67 Å². The third-order valence-corrected chi connectivity index (χ3v) is 4.83. The molecule has 0 atom stereocenters. The third kappa shape index (κ3) is 6.01. The molecule has 0 aliphatic carbocycles. The lowest BCUT2D eigenvalue weighted by Crippen LogP contribution is -2.07. The first kappa shape index (κ1) is 20.2. The van der Waals surface area contributed by atoms with Gasteiger partial charge in [-0.15, -0.1) is 0 Å². The monoisotopic (exact) mass is 355 g/mol. The lowest BCUT2D eigenvalue weighted by Gasteiger charge is -2.15. The second kappa shape index (κ2) is 11.5. The molecule has 2 rings (SSSR count). The second-order valence-electron chi connectivity index (χ2n) is 6.94. The highest BCUT2D eigenvalue weighted by molar-refractivity contribution is 5.77. The Labute approximate surface area is 157 Å². The van der Waals surface area contributed by atoms with E-state index >= 15 is 0 Å². The van der Waals surface area contributed by atoms with Crippen molar-refractivity contribution in [1.82, 2.24) is 9.55 Å². The summed E-state index contributed by atoms with van der Waals surface area (Å²) in [5, 5.41) is 12.4. The van der Waals surface area contributed by atoms with Gasteiger partial charge in [-0.1, -0.05) is 95.0 Å². The Morgan fingerprint density at radius 1 is 0.923 bits per heavy atom. The molecule has 0 aliphatic rings. The summed E-state index contributed by atoms with van der Waals surface area (Å²) in [6, 6.07) is 9.61. The molecule has 0 spiro atoms. The lowest BCUT2D eigenvalue weighted by molar-refractivity contribution is -0.279. The number of aromatic nitrogens is 2. The first-order valence-electron chi connectivity index (χ1n) is 10.1. The van der Waals surface area contributed by atoms with Crippen molar-refractivity contribution in [3.8, 4) is 17.3 Å². The van der Waals surface area contributed by atoms with Crippen molar-refractivity contribution < 1.29 is 9.90 Å². The van der Waals surface area contributed by atoms with Crippen molar-refractivity contribution in [2.24, 2.45) is 0 Å². The number of carbonyl (C=O) groups is 1. The summed E-state index contributed by atoms with van der Waals surface area (Å²) >= 11 is 0. The Kier molecular flexibility index (Phi) is 8.94. The van der Waals surface area contributed by atoms with E-state index < -0.39 is 0 Å². The van der Waals surface area contributed by atoms with Gasteiger partial charge in [0.05, 0.1) is 0 Å². The normalized spacial score (nSPS) is 11.0. The first-order chi connectivity index (χ1) is 12.8. The van der Waals surface area contributed by atoms with Gasteiger partial charge in [0.1, 0.15) is 11.5 Å². The summed E-state index contributed by atoms with van der Waals surface area (Å²) in [7, 11) is 0. The van der Waals surface area contributed by atoms with Gasteiger partial charge in [0.25, 0.3) is 0 Å². The number of aldehydes is 1. The van der Waals surface area contributed by atoms with Crippen LogP contribution in [0.15, 0.2) is 30.3 Å². The molecule has 1 heterocycles. The molecule has 0 aliphatic heterocycles. The molecule has 0 unspecified atom stereocenters. The number of benzene rings is 1. The number of hydrogen-bond donors (Lipinski definition) is 0. The summed E-state index contributed by atoms with van der Waals surface area (Å²) in [5.74, 6) is 0.336. The summed E-state index contributed by atoms with van der Waals surface area (Å²) < 4.78 is 1.66. The van der Waals surface area contributed by atoms with Crippen molar-refractivity contribution in [2.75, 3.05) is 0 Å². The van der Waals surface area contributed by atoms with E-state index in [2.05, 4.69) is 11.9 Å². The zero-order valence-electron chi connectivity index (χ0n) is 16.0. The molecule has 0 fully saturated rings. The van der Waals surface area contributed by atoms with Crippen LogP contribution in [0.25, 0.3) is 11.4 Å². The maximum Gasteiger partial charge on any atom is 0.169 e. The molecule has 0 amide bonds. The van der Waals surface area contributed by atoms with Crippen LogP contribution in [0.1, 0.15) is 81.6 Å². The average molecular weight is 356 g/mol. The smallest absolute Gasteiger partial charge is 0.169 e. The van der Waals surface area contributed by atoms with Crippen LogP contribution in [0.4, 0.5) is 0 Å². The second-order valence-corrected chi connectivity index (χ2v) is 6.94. The number of unbranched alkanes of at least 4 members (excludes halogenated alkanes) is 9. The topological polar surface area (TPSA) is 58.0 Å². The average Bonchev–Trinajstić information content (AvgIpc) is 3.00. The Morgan fingerprint density at radius 3 is 2.08 bits per heavy atom. The third-order valence-electron chi connectivity index (χ3n) is 4.83. The Morgan fingerprint density at radius 2 is 1.50 bits per heavy atom. The largest absolute Gasteiger partial charge is 0.858 e. The van der Waals surface area contributed by atoms with Gasteiger partial charge in [0.2, 0.25) is 0 Å². The fourth-order valence-electron chi connectivity index (χ4n) is 3.31. The first-order valence-corrected chi connectivity index (χ1v) is 10.1. The predicted octanol–water partition coefficient (Wildman–Crippen LogP) is 5.36. The summed E-state index contributed by atoms with van der Waals surface area (Å²) in [6.45, 7) is 2.87. The zero-order valence-corrected chi connectivity index (χ0v) is 16.0. The number of carbonyl (C=O) groups excluding carboxylic acids is 1. The van der Waals surface area contributed by atoms with Crippen LogP contribution in [0.3, 0.4) is 0 Å². The van der Waals surface area contributed by atoms with E-state index in [-0.39, 0.29) is 11.6 Å². The molecule has 0 bridgehead atoms. The summed E-state index contributed by atoms with van der Waals surface area (Å²) in [6.07, 6.45) is 13.1. The van der Waals surface area contributed by atoms with Crippen molar-refractivity contribution >= 4 is 6.29 Å². The van der Waals surface area contributed by atoms with E-state index in [1.165, 1.54) is 51.4 Å². The van der Waals surface area contributed by atoms with Crippen LogP contribution >= 0.6 is 0 Å². The highest BCUT2D eigenvalue weighted by Crippen LogP contribution is 2.25. The zero-order chi connectivity index (χ0) is 18.6. The fraction of sp³-hybridized carbons (Fsp3) is 0.545. The van der Waals surface area contributed by atoms with Gasteiger partial charge in [0.15, 0.2) is 6.29 Å². The van der Waals surface area contributed by atoms with Gasteiger partial charge in [0, 0.05) is 12.1 Å². The van der Waals surface area contributed by atoms with Crippen LogP contribution in [-0.4, -0.2) is 15.8 Å². The lowest BCUT2D eigenvalue weighted by atomic mass is 10.1. The van der Waals surface area contributed by atoms with E-state index in [1.807, 2.05) is 30.3 Å². The minimum Gasteiger partial charge on any atom is -0.858 e. The van der Waals surface area contributed by atoms with Crippen LogP contribution in [0.2, 0.25) is 0 Å². The van der Waals surface area contributed by atoms with Gasteiger partial charge in [-0.2, -0.15) is 0 Å². The van der Waals surface area contributed by atoms with Crippen LogP contribution in [0, 0.1) is 0 Å². The highest BCUT2D eigenvalue weighted by atomic mass is 16.3. The standard InChI is InChI=1S/C22H32N2O2/c1-2-3-4-5-6-7-8-9-10-14-17-24-21(19-15-12-11-13-16-19)23-20(18-25)22(24)26/h11-13,15-16,18,26H,2-10,14,17H2,1H3/p-1. The molecule has 1 aromatic carbocycles. The molecule has 142 valence electrons.